The van der Waals surface area contributed by atoms with Crippen molar-refractivity contribution < 1.29 is 4.74 Å². The van der Waals surface area contributed by atoms with Crippen LogP contribution >= 0.6 is 23.8 Å². The number of aromatic amines is 1. The van der Waals surface area contributed by atoms with E-state index in [1.54, 1.807) is 7.11 Å². The van der Waals surface area contributed by atoms with Crippen molar-refractivity contribution in [3.05, 3.63) is 69.7 Å². The molecule has 2 heterocycles. The van der Waals surface area contributed by atoms with Gasteiger partial charge in [0, 0.05) is 6.04 Å². The van der Waals surface area contributed by atoms with Gasteiger partial charge < -0.3 is 4.74 Å². The zero-order valence-electron chi connectivity index (χ0n) is 14.1. The SMILES string of the molecule is COc1ccc(C2CC(c3n[nH]c(=S)n3-c3ccccc3Cl)NN2)cc1. The van der Waals surface area contributed by atoms with Crippen LogP contribution in [0, 0.1) is 4.77 Å². The maximum absolute atomic E-state index is 6.36. The van der Waals surface area contributed by atoms with Crippen molar-refractivity contribution in [3.8, 4) is 11.4 Å². The van der Waals surface area contributed by atoms with Crippen molar-refractivity contribution in [2.75, 3.05) is 7.11 Å². The third-order valence-corrected chi connectivity index (χ3v) is 5.12. The number of para-hydroxylation sites is 1. The molecule has 0 amide bonds. The maximum Gasteiger partial charge on any atom is 0.199 e. The summed E-state index contributed by atoms with van der Waals surface area (Å²) in [5.74, 6) is 1.64. The Kier molecular flexibility index (Phi) is 4.78. The summed E-state index contributed by atoms with van der Waals surface area (Å²) in [6.07, 6.45) is 0.830. The summed E-state index contributed by atoms with van der Waals surface area (Å²) in [7, 11) is 1.66. The lowest BCUT2D eigenvalue weighted by Crippen LogP contribution is -2.28. The van der Waals surface area contributed by atoms with E-state index in [9.17, 15) is 0 Å². The number of hydrogen-bond donors (Lipinski definition) is 3. The monoisotopic (exact) mass is 387 g/mol. The first-order valence-electron chi connectivity index (χ1n) is 8.24. The number of rotatable bonds is 4. The Bertz CT molecular complexity index is 968. The summed E-state index contributed by atoms with van der Waals surface area (Å²) in [6, 6.07) is 15.8. The third kappa shape index (κ3) is 3.14. The van der Waals surface area contributed by atoms with Crippen molar-refractivity contribution in [2.24, 2.45) is 0 Å². The first-order chi connectivity index (χ1) is 12.7. The second-order valence-corrected chi connectivity index (χ2v) is 6.87. The van der Waals surface area contributed by atoms with Gasteiger partial charge in [-0.05, 0) is 48.5 Å². The number of methoxy groups -OCH3 is 1. The van der Waals surface area contributed by atoms with Gasteiger partial charge in [0.1, 0.15) is 5.75 Å². The lowest BCUT2D eigenvalue weighted by atomic mass is 10.0. The maximum atomic E-state index is 6.36. The molecule has 1 aliphatic heterocycles. The molecule has 26 heavy (non-hydrogen) atoms. The number of benzene rings is 2. The number of nitrogens with zero attached hydrogens (tertiary/aromatic N) is 2. The molecule has 1 aromatic heterocycles. The fourth-order valence-electron chi connectivity index (χ4n) is 3.19. The summed E-state index contributed by atoms with van der Waals surface area (Å²) in [5, 5.41) is 7.95. The molecule has 2 unspecified atom stereocenters. The molecule has 1 saturated heterocycles. The molecule has 0 bridgehead atoms. The number of hydrogen-bond acceptors (Lipinski definition) is 5. The molecule has 2 aromatic carbocycles. The minimum absolute atomic E-state index is 0.00803. The second-order valence-electron chi connectivity index (χ2n) is 6.08. The smallest absolute Gasteiger partial charge is 0.199 e. The van der Waals surface area contributed by atoms with Gasteiger partial charge in [0.05, 0.1) is 23.9 Å². The average molecular weight is 388 g/mol. The summed E-state index contributed by atoms with van der Waals surface area (Å²) in [4.78, 5) is 0. The fourth-order valence-corrected chi connectivity index (χ4v) is 3.65. The Labute approximate surface area is 161 Å². The van der Waals surface area contributed by atoms with Crippen LogP contribution in [0.1, 0.15) is 29.9 Å². The molecule has 4 rings (SSSR count). The number of hydrazine groups is 1. The minimum atomic E-state index is -0.00803. The number of H-pyrrole nitrogens is 1. The highest BCUT2D eigenvalue weighted by Crippen LogP contribution is 2.32. The Hall–Kier alpha value is -2.19. The summed E-state index contributed by atoms with van der Waals surface area (Å²) >= 11 is 11.8. The predicted molar refractivity (Wildman–Crippen MR) is 103 cm³/mol. The third-order valence-electron chi connectivity index (χ3n) is 4.52. The molecular weight excluding hydrogens is 370 g/mol. The zero-order valence-corrected chi connectivity index (χ0v) is 15.6. The summed E-state index contributed by atoms with van der Waals surface area (Å²) in [6.45, 7) is 0. The van der Waals surface area contributed by atoms with Crippen molar-refractivity contribution in [1.82, 2.24) is 25.6 Å². The molecule has 0 radical (unpaired) electrons. The quantitative estimate of drug-likeness (QED) is 0.593. The molecular formula is C18H18ClN5OS. The summed E-state index contributed by atoms with van der Waals surface area (Å²) in [5.41, 5.74) is 8.65. The van der Waals surface area contributed by atoms with Crippen LogP contribution in [0.4, 0.5) is 0 Å². The Balaban J connectivity index is 1.62. The van der Waals surface area contributed by atoms with Crippen LogP contribution in [-0.2, 0) is 0 Å². The standard InChI is InChI=1S/C18H18ClN5OS/c1-25-12-8-6-11(7-9-12)14-10-15(21-20-14)17-22-23-18(26)24(17)16-5-3-2-4-13(16)19/h2-9,14-15,20-21H,10H2,1H3,(H,23,26). The molecule has 6 nitrogen and oxygen atoms in total. The zero-order chi connectivity index (χ0) is 18.1. The minimum Gasteiger partial charge on any atom is -0.497 e. The Morgan fingerprint density at radius 3 is 2.58 bits per heavy atom. The van der Waals surface area contributed by atoms with Gasteiger partial charge in [-0.2, -0.15) is 5.10 Å². The van der Waals surface area contributed by atoms with Crippen molar-refractivity contribution in [2.45, 2.75) is 18.5 Å². The van der Waals surface area contributed by atoms with E-state index in [0.29, 0.717) is 9.79 Å². The van der Waals surface area contributed by atoms with Crippen molar-refractivity contribution >= 4 is 23.8 Å². The first kappa shape index (κ1) is 17.2. The second kappa shape index (κ2) is 7.20. The molecule has 0 spiro atoms. The number of ether oxygens (including phenoxy) is 1. The predicted octanol–water partition coefficient (Wildman–Crippen LogP) is 3.87. The van der Waals surface area contributed by atoms with Crippen LogP contribution in [0.2, 0.25) is 5.02 Å². The van der Waals surface area contributed by atoms with E-state index in [-0.39, 0.29) is 12.1 Å². The van der Waals surface area contributed by atoms with Gasteiger partial charge in [-0.3, -0.25) is 9.67 Å². The molecule has 134 valence electrons. The van der Waals surface area contributed by atoms with Crippen LogP contribution in [0.25, 0.3) is 5.69 Å². The molecule has 3 N–H and O–H groups in total. The summed E-state index contributed by atoms with van der Waals surface area (Å²) < 4.78 is 7.62. The van der Waals surface area contributed by atoms with Gasteiger partial charge in [0.2, 0.25) is 0 Å². The number of halogens is 1. The van der Waals surface area contributed by atoms with Gasteiger partial charge in [-0.15, -0.1) is 0 Å². The van der Waals surface area contributed by atoms with Crippen LogP contribution in [-0.4, -0.2) is 21.9 Å². The molecule has 8 heteroatoms. The van der Waals surface area contributed by atoms with E-state index >= 15 is 0 Å². The number of nitrogens with one attached hydrogen (secondary N) is 3. The highest BCUT2D eigenvalue weighted by molar-refractivity contribution is 7.71. The van der Waals surface area contributed by atoms with E-state index in [2.05, 4.69) is 33.2 Å². The largest absolute Gasteiger partial charge is 0.497 e. The molecule has 0 saturated carbocycles. The van der Waals surface area contributed by atoms with Gasteiger partial charge in [0.25, 0.3) is 0 Å². The normalized spacial score (nSPS) is 19.6. The van der Waals surface area contributed by atoms with Crippen molar-refractivity contribution in [1.29, 1.82) is 0 Å². The molecule has 1 aliphatic rings. The lowest BCUT2D eigenvalue weighted by molar-refractivity contribution is 0.414. The van der Waals surface area contributed by atoms with Crippen LogP contribution in [0.3, 0.4) is 0 Å². The molecule has 1 fully saturated rings. The van der Waals surface area contributed by atoms with E-state index in [4.69, 9.17) is 28.6 Å². The van der Waals surface area contributed by atoms with Gasteiger partial charge in [-0.25, -0.2) is 10.9 Å². The van der Waals surface area contributed by atoms with Gasteiger partial charge >= 0.3 is 0 Å². The molecule has 3 aromatic rings. The highest BCUT2D eigenvalue weighted by atomic mass is 35.5. The van der Waals surface area contributed by atoms with E-state index < -0.39 is 0 Å². The van der Waals surface area contributed by atoms with Gasteiger partial charge in [0.15, 0.2) is 10.6 Å². The fraction of sp³-hybridized carbons (Fsp3) is 0.222. The van der Waals surface area contributed by atoms with E-state index in [0.717, 1.165) is 23.7 Å². The average Bonchev–Trinajstić information content (AvgIpc) is 3.29. The first-order valence-corrected chi connectivity index (χ1v) is 9.03. The number of aromatic nitrogens is 3. The van der Waals surface area contributed by atoms with Crippen LogP contribution in [0.5, 0.6) is 5.75 Å². The van der Waals surface area contributed by atoms with Crippen LogP contribution in [0.15, 0.2) is 48.5 Å². The molecule has 0 aliphatic carbocycles. The Morgan fingerprint density at radius 1 is 1.12 bits per heavy atom. The van der Waals surface area contributed by atoms with Crippen molar-refractivity contribution in [3.63, 3.8) is 0 Å². The van der Waals surface area contributed by atoms with Crippen LogP contribution < -0.4 is 15.6 Å². The lowest BCUT2D eigenvalue weighted by Gasteiger charge is -2.13. The Morgan fingerprint density at radius 2 is 1.85 bits per heavy atom. The highest BCUT2D eigenvalue weighted by Gasteiger charge is 2.30. The van der Waals surface area contributed by atoms with E-state index in [1.165, 1.54) is 5.56 Å². The molecule has 2 atom stereocenters. The van der Waals surface area contributed by atoms with Gasteiger partial charge in [-0.1, -0.05) is 35.9 Å². The van der Waals surface area contributed by atoms with E-state index in [1.807, 2.05) is 41.0 Å². The topological polar surface area (TPSA) is 66.9 Å².